The van der Waals surface area contributed by atoms with E-state index in [2.05, 4.69) is 5.32 Å². The Balaban J connectivity index is 1.78. The summed E-state index contributed by atoms with van der Waals surface area (Å²) in [6, 6.07) is 10.2. The lowest BCUT2D eigenvalue weighted by molar-refractivity contribution is -0.127. The Bertz CT molecular complexity index is 1020. The van der Waals surface area contributed by atoms with E-state index in [0.717, 1.165) is 22.2 Å². The number of rotatable bonds is 6. The number of nitrogens with one attached hydrogen (secondary N) is 1. The van der Waals surface area contributed by atoms with Gasteiger partial charge < -0.3 is 19.9 Å². The van der Waals surface area contributed by atoms with Crippen molar-refractivity contribution in [3.8, 4) is 17.2 Å². The van der Waals surface area contributed by atoms with Crippen molar-refractivity contribution in [2.45, 2.75) is 6.92 Å². The van der Waals surface area contributed by atoms with Gasteiger partial charge in [0.15, 0.2) is 11.5 Å². The number of phenolic OH excluding ortho intramolecular Hbond substituents is 1. The number of para-hydroxylation sites is 1. The highest BCUT2D eigenvalue weighted by molar-refractivity contribution is 8.18. The van der Waals surface area contributed by atoms with Crippen molar-refractivity contribution in [3.05, 3.63) is 52.4 Å². The number of aromatic hydroxyl groups is 1. The summed E-state index contributed by atoms with van der Waals surface area (Å²) in [6.07, 6.45) is 1.48. The number of aryl methyl sites for hydroxylation is 1. The number of carbonyl (C=O) groups is 3. The Morgan fingerprint density at radius 1 is 1.17 bits per heavy atom. The predicted molar refractivity (Wildman–Crippen MR) is 114 cm³/mol. The number of carbonyl (C=O) groups excluding carboxylic acids is 3. The fourth-order valence-electron chi connectivity index (χ4n) is 2.83. The molecule has 3 amide bonds. The molecule has 0 aliphatic carbocycles. The second-order valence-corrected chi connectivity index (χ2v) is 7.40. The minimum absolute atomic E-state index is 0.151. The maximum absolute atomic E-state index is 12.7. The quantitative estimate of drug-likeness (QED) is 0.680. The lowest BCUT2D eigenvalue weighted by atomic mass is 10.1. The van der Waals surface area contributed by atoms with Crippen LogP contribution in [0.1, 0.15) is 11.1 Å². The summed E-state index contributed by atoms with van der Waals surface area (Å²) in [4.78, 5) is 38.3. The lowest BCUT2D eigenvalue weighted by Crippen LogP contribution is -2.36. The van der Waals surface area contributed by atoms with Gasteiger partial charge in [0.2, 0.25) is 11.7 Å². The Labute approximate surface area is 177 Å². The van der Waals surface area contributed by atoms with Crippen LogP contribution in [0.15, 0.2) is 41.3 Å². The van der Waals surface area contributed by atoms with Crippen LogP contribution >= 0.6 is 11.8 Å². The Kier molecular flexibility index (Phi) is 6.31. The number of benzene rings is 2. The number of ether oxygens (including phenoxy) is 2. The average molecular weight is 428 g/mol. The molecule has 1 aliphatic rings. The summed E-state index contributed by atoms with van der Waals surface area (Å²) in [5, 5.41) is 12.2. The molecule has 1 fully saturated rings. The van der Waals surface area contributed by atoms with E-state index in [4.69, 9.17) is 9.47 Å². The molecule has 156 valence electrons. The fraction of sp³-hybridized carbons (Fsp3) is 0.190. The zero-order chi connectivity index (χ0) is 21.8. The number of phenols is 1. The van der Waals surface area contributed by atoms with Crippen LogP contribution in [-0.4, -0.2) is 47.8 Å². The second kappa shape index (κ2) is 8.91. The maximum atomic E-state index is 12.7. The van der Waals surface area contributed by atoms with Crippen molar-refractivity contribution in [1.82, 2.24) is 4.90 Å². The standard InChI is InChI=1S/C21H20N2O6S/c1-12-6-4-5-7-14(12)22-18(24)11-23-20(26)17(30-21(23)27)10-13-8-15(28-2)19(25)16(9-13)29-3/h4-10,25H,11H2,1-3H3,(H,22,24)/b17-10-. The van der Waals surface area contributed by atoms with Crippen molar-refractivity contribution in [1.29, 1.82) is 0 Å². The van der Waals surface area contributed by atoms with Crippen molar-refractivity contribution in [2.24, 2.45) is 0 Å². The van der Waals surface area contributed by atoms with Crippen molar-refractivity contribution >= 4 is 40.6 Å². The Morgan fingerprint density at radius 2 is 1.80 bits per heavy atom. The van der Waals surface area contributed by atoms with Crippen LogP contribution in [0.4, 0.5) is 10.5 Å². The molecule has 2 aromatic rings. The minimum Gasteiger partial charge on any atom is -0.502 e. The summed E-state index contributed by atoms with van der Waals surface area (Å²) in [5.74, 6) is -0.884. The zero-order valence-corrected chi connectivity index (χ0v) is 17.4. The molecule has 8 nitrogen and oxygen atoms in total. The van der Waals surface area contributed by atoms with Crippen molar-refractivity contribution in [3.63, 3.8) is 0 Å². The highest BCUT2D eigenvalue weighted by Gasteiger charge is 2.36. The van der Waals surface area contributed by atoms with Gasteiger partial charge in [-0.05, 0) is 54.1 Å². The number of nitrogens with zero attached hydrogens (tertiary/aromatic N) is 1. The number of amides is 3. The van der Waals surface area contributed by atoms with E-state index in [9.17, 15) is 19.5 Å². The highest BCUT2D eigenvalue weighted by atomic mass is 32.2. The summed E-state index contributed by atoms with van der Waals surface area (Å²) in [5.41, 5.74) is 1.99. The summed E-state index contributed by atoms with van der Waals surface area (Å²) in [7, 11) is 2.78. The van der Waals surface area contributed by atoms with Gasteiger partial charge in [0.05, 0.1) is 19.1 Å². The normalized spacial score (nSPS) is 14.9. The first-order chi connectivity index (χ1) is 14.3. The van der Waals surface area contributed by atoms with E-state index >= 15 is 0 Å². The molecule has 2 N–H and O–H groups in total. The monoisotopic (exact) mass is 428 g/mol. The van der Waals surface area contributed by atoms with Crippen LogP contribution in [0, 0.1) is 6.92 Å². The molecule has 30 heavy (non-hydrogen) atoms. The van der Waals surface area contributed by atoms with Crippen molar-refractivity contribution in [2.75, 3.05) is 26.1 Å². The van der Waals surface area contributed by atoms with Crippen molar-refractivity contribution < 1.29 is 29.0 Å². The number of anilines is 1. The smallest absolute Gasteiger partial charge is 0.294 e. The van der Waals surface area contributed by atoms with Crippen LogP contribution in [-0.2, 0) is 9.59 Å². The Hall–Kier alpha value is -3.46. The SMILES string of the molecule is COc1cc(/C=C2\SC(=O)N(CC(=O)Nc3ccccc3C)C2=O)cc(OC)c1O. The van der Waals surface area contributed by atoms with Gasteiger partial charge in [-0.15, -0.1) is 0 Å². The maximum Gasteiger partial charge on any atom is 0.294 e. The molecular weight excluding hydrogens is 408 g/mol. The molecule has 0 unspecified atom stereocenters. The molecular formula is C21H20N2O6S. The predicted octanol–water partition coefficient (Wildman–Crippen LogP) is 3.39. The van der Waals surface area contributed by atoms with Gasteiger partial charge in [-0.25, -0.2) is 0 Å². The molecule has 0 atom stereocenters. The topological polar surface area (TPSA) is 105 Å². The Morgan fingerprint density at radius 3 is 2.40 bits per heavy atom. The third kappa shape index (κ3) is 4.41. The van der Waals surface area contributed by atoms with E-state index in [1.807, 2.05) is 19.1 Å². The summed E-state index contributed by atoms with van der Waals surface area (Å²) >= 11 is 0.734. The summed E-state index contributed by atoms with van der Waals surface area (Å²) < 4.78 is 10.2. The molecule has 1 aliphatic heterocycles. The molecule has 0 saturated carbocycles. The van der Waals surface area contributed by atoms with Crippen LogP contribution < -0.4 is 14.8 Å². The summed E-state index contributed by atoms with van der Waals surface area (Å²) in [6.45, 7) is 1.46. The molecule has 1 saturated heterocycles. The van der Waals surface area contributed by atoms with E-state index in [1.165, 1.54) is 32.4 Å². The number of hydrogen-bond acceptors (Lipinski definition) is 7. The fourth-order valence-corrected chi connectivity index (χ4v) is 3.67. The zero-order valence-electron chi connectivity index (χ0n) is 16.6. The van der Waals surface area contributed by atoms with Gasteiger partial charge >= 0.3 is 0 Å². The number of imide groups is 1. The van der Waals surface area contributed by atoms with Gasteiger partial charge in [-0.2, -0.15) is 0 Å². The third-order valence-electron chi connectivity index (χ3n) is 4.39. The molecule has 0 bridgehead atoms. The first-order valence-corrected chi connectivity index (χ1v) is 9.71. The van der Waals surface area contributed by atoms with Gasteiger partial charge in [0, 0.05) is 5.69 Å². The molecule has 0 spiro atoms. The molecule has 3 rings (SSSR count). The first-order valence-electron chi connectivity index (χ1n) is 8.90. The molecule has 9 heteroatoms. The first kappa shape index (κ1) is 21.3. The van der Waals surface area contributed by atoms with Gasteiger partial charge in [0.25, 0.3) is 11.1 Å². The van der Waals surface area contributed by atoms with Gasteiger partial charge in [-0.3, -0.25) is 19.3 Å². The largest absolute Gasteiger partial charge is 0.502 e. The lowest BCUT2D eigenvalue weighted by Gasteiger charge is -2.13. The van der Waals surface area contributed by atoms with E-state index < -0.39 is 23.6 Å². The van der Waals surface area contributed by atoms with Gasteiger partial charge in [-0.1, -0.05) is 18.2 Å². The van der Waals surface area contributed by atoms with E-state index in [0.29, 0.717) is 11.3 Å². The molecule has 0 aromatic heterocycles. The minimum atomic E-state index is -0.573. The van der Waals surface area contributed by atoms with Crippen LogP contribution in [0.3, 0.4) is 0 Å². The number of thioether (sulfide) groups is 1. The highest BCUT2D eigenvalue weighted by Crippen LogP contribution is 2.39. The third-order valence-corrected chi connectivity index (χ3v) is 5.30. The average Bonchev–Trinajstić information content (AvgIpc) is 2.98. The number of hydrogen-bond donors (Lipinski definition) is 2. The molecule has 2 aromatic carbocycles. The molecule has 0 radical (unpaired) electrons. The van der Waals surface area contributed by atoms with E-state index in [-0.39, 0.29) is 22.2 Å². The van der Waals surface area contributed by atoms with Crippen LogP contribution in [0.5, 0.6) is 17.2 Å². The van der Waals surface area contributed by atoms with Gasteiger partial charge in [0.1, 0.15) is 6.54 Å². The second-order valence-electron chi connectivity index (χ2n) is 6.40. The number of methoxy groups -OCH3 is 2. The van der Waals surface area contributed by atoms with E-state index in [1.54, 1.807) is 12.1 Å². The molecule has 1 heterocycles. The van der Waals surface area contributed by atoms with Crippen LogP contribution in [0.2, 0.25) is 0 Å². The van der Waals surface area contributed by atoms with Crippen LogP contribution in [0.25, 0.3) is 6.08 Å².